The van der Waals surface area contributed by atoms with Crippen LogP contribution < -0.4 is 0 Å². The van der Waals surface area contributed by atoms with Crippen LogP contribution in [0.2, 0.25) is 0 Å². The second-order valence-electron chi connectivity index (χ2n) is 4.50. The molecule has 1 aromatic heterocycles. The number of hydrogen-bond donors (Lipinski definition) is 0. The van der Waals surface area contributed by atoms with Crippen LogP contribution in [0.3, 0.4) is 0 Å². The Balaban J connectivity index is 1.99. The molecule has 0 fully saturated rings. The average molecular weight is 275 g/mol. The molecule has 0 unspecified atom stereocenters. The van der Waals surface area contributed by atoms with Crippen LogP contribution in [0.5, 0.6) is 0 Å². The first-order valence-electron chi connectivity index (χ1n) is 6.47. The van der Waals surface area contributed by atoms with Crippen LogP contribution >= 0.6 is 0 Å². The van der Waals surface area contributed by atoms with Gasteiger partial charge in [-0.05, 0) is 30.5 Å². The number of methoxy groups -OCH3 is 1. The molecule has 0 atom stereocenters. The number of hydrogen-bond acceptors (Lipinski definition) is 4. The summed E-state index contributed by atoms with van der Waals surface area (Å²) >= 11 is 0. The van der Waals surface area contributed by atoms with Crippen LogP contribution in [0.25, 0.3) is 11.1 Å². The van der Waals surface area contributed by atoms with Crippen LogP contribution in [0.1, 0.15) is 12.8 Å². The molecule has 0 aliphatic carbocycles. The van der Waals surface area contributed by atoms with Crippen molar-refractivity contribution in [1.29, 1.82) is 0 Å². The van der Waals surface area contributed by atoms with Gasteiger partial charge in [0, 0.05) is 44.2 Å². The van der Waals surface area contributed by atoms with E-state index in [1.165, 1.54) is 12.1 Å². The lowest BCUT2D eigenvalue weighted by atomic mass is 10.1. The Morgan fingerprint density at radius 1 is 1.25 bits per heavy atom. The maximum Gasteiger partial charge on any atom is 0.269 e. The molecule has 0 saturated carbocycles. The molecule has 106 valence electrons. The number of benzene rings is 1. The molecule has 0 aliphatic heterocycles. The molecule has 6 heteroatoms. The van der Waals surface area contributed by atoms with Crippen molar-refractivity contribution in [2.75, 3.05) is 13.7 Å². The van der Waals surface area contributed by atoms with E-state index < -0.39 is 4.92 Å². The van der Waals surface area contributed by atoms with E-state index in [0.29, 0.717) is 0 Å². The van der Waals surface area contributed by atoms with Crippen LogP contribution in [0.4, 0.5) is 5.69 Å². The number of rotatable bonds is 7. The van der Waals surface area contributed by atoms with Crippen LogP contribution in [0.15, 0.2) is 36.7 Å². The fourth-order valence-corrected chi connectivity index (χ4v) is 1.93. The summed E-state index contributed by atoms with van der Waals surface area (Å²) in [7, 11) is 1.70. The molecule has 0 N–H and O–H groups in total. The molecular weight excluding hydrogens is 258 g/mol. The van der Waals surface area contributed by atoms with Crippen molar-refractivity contribution in [3.63, 3.8) is 0 Å². The Bertz CT molecular complexity index is 563. The third-order valence-electron chi connectivity index (χ3n) is 3.03. The Morgan fingerprint density at radius 2 is 2.00 bits per heavy atom. The van der Waals surface area contributed by atoms with Gasteiger partial charge in [0.15, 0.2) is 0 Å². The van der Waals surface area contributed by atoms with Gasteiger partial charge in [0.05, 0.1) is 11.1 Å². The van der Waals surface area contributed by atoms with E-state index in [2.05, 4.69) is 5.10 Å². The van der Waals surface area contributed by atoms with Gasteiger partial charge in [-0.3, -0.25) is 14.8 Å². The number of aryl methyl sites for hydroxylation is 1. The molecule has 0 amide bonds. The summed E-state index contributed by atoms with van der Waals surface area (Å²) in [5, 5.41) is 14.9. The highest BCUT2D eigenvalue weighted by atomic mass is 16.6. The average Bonchev–Trinajstić information content (AvgIpc) is 2.92. The standard InChI is InChI=1S/C14H17N3O3/c1-20-9-3-2-8-16-11-13(10-15-16)12-4-6-14(7-5-12)17(18)19/h4-7,10-11H,2-3,8-9H2,1H3. The number of ether oxygens (including phenoxy) is 1. The Hall–Kier alpha value is -2.21. The lowest BCUT2D eigenvalue weighted by molar-refractivity contribution is -0.384. The number of nitro benzene ring substituents is 1. The lowest BCUT2D eigenvalue weighted by Crippen LogP contribution is -1.99. The summed E-state index contributed by atoms with van der Waals surface area (Å²) in [5.41, 5.74) is 1.99. The summed E-state index contributed by atoms with van der Waals surface area (Å²) in [6, 6.07) is 6.49. The fraction of sp³-hybridized carbons (Fsp3) is 0.357. The third-order valence-corrected chi connectivity index (χ3v) is 3.03. The van der Waals surface area contributed by atoms with Gasteiger partial charge in [-0.2, -0.15) is 5.10 Å². The highest BCUT2D eigenvalue weighted by Crippen LogP contribution is 2.21. The van der Waals surface area contributed by atoms with Crippen LogP contribution in [-0.2, 0) is 11.3 Å². The second-order valence-corrected chi connectivity index (χ2v) is 4.50. The zero-order valence-electron chi connectivity index (χ0n) is 11.4. The van der Waals surface area contributed by atoms with E-state index in [1.54, 1.807) is 25.4 Å². The van der Waals surface area contributed by atoms with E-state index in [9.17, 15) is 10.1 Å². The Labute approximate surface area is 117 Å². The van der Waals surface area contributed by atoms with E-state index in [0.717, 1.165) is 37.1 Å². The molecule has 1 heterocycles. The van der Waals surface area contributed by atoms with Crippen molar-refractivity contribution in [1.82, 2.24) is 9.78 Å². The molecule has 20 heavy (non-hydrogen) atoms. The molecule has 1 aromatic carbocycles. The smallest absolute Gasteiger partial charge is 0.269 e. The van der Waals surface area contributed by atoms with E-state index in [-0.39, 0.29) is 5.69 Å². The first-order chi connectivity index (χ1) is 9.70. The lowest BCUT2D eigenvalue weighted by Gasteiger charge is -2.00. The number of nitro groups is 1. The topological polar surface area (TPSA) is 70.2 Å². The molecule has 0 spiro atoms. The van der Waals surface area contributed by atoms with Crippen molar-refractivity contribution >= 4 is 5.69 Å². The van der Waals surface area contributed by atoms with Crippen molar-refractivity contribution in [2.24, 2.45) is 0 Å². The van der Waals surface area contributed by atoms with Crippen LogP contribution in [-0.4, -0.2) is 28.4 Å². The van der Waals surface area contributed by atoms with Crippen molar-refractivity contribution in [2.45, 2.75) is 19.4 Å². The number of non-ortho nitro benzene ring substituents is 1. The molecule has 0 saturated heterocycles. The van der Waals surface area contributed by atoms with Gasteiger partial charge in [0.25, 0.3) is 5.69 Å². The van der Waals surface area contributed by atoms with E-state index in [4.69, 9.17) is 4.74 Å². The van der Waals surface area contributed by atoms with Gasteiger partial charge in [-0.1, -0.05) is 0 Å². The monoisotopic (exact) mass is 275 g/mol. The van der Waals surface area contributed by atoms with Gasteiger partial charge < -0.3 is 4.74 Å². The molecule has 0 aliphatic rings. The van der Waals surface area contributed by atoms with Gasteiger partial charge in [-0.15, -0.1) is 0 Å². The van der Waals surface area contributed by atoms with Gasteiger partial charge >= 0.3 is 0 Å². The molecule has 2 rings (SSSR count). The zero-order chi connectivity index (χ0) is 14.4. The number of nitrogens with zero attached hydrogens (tertiary/aromatic N) is 3. The Kier molecular flexibility index (Phi) is 4.84. The molecule has 2 aromatic rings. The first kappa shape index (κ1) is 14.2. The number of aromatic nitrogens is 2. The number of unbranched alkanes of at least 4 members (excludes halogenated alkanes) is 1. The fourth-order valence-electron chi connectivity index (χ4n) is 1.93. The highest BCUT2D eigenvalue weighted by Gasteiger charge is 2.06. The minimum Gasteiger partial charge on any atom is -0.385 e. The molecule has 6 nitrogen and oxygen atoms in total. The maximum atomic E-state index is 10.6. The SMILES string of the molecule is COCCCCn1cc(-c2ccc([N+](=O)[O-])cc2)cn1. The van der Waals surface area contributed by atoms with Crippen molar-refractivity contribution < 1.29 is 9.66 Å². The quantitative estimate of drug-likeness (QED) is 0.442. The highest BCUT2D eigenvalue weighted by molar-refractivity contribution is 5.63. The third kappa shape index (κ3) is 3.64. The normalized spacial score (nSPS) is 10.7. The second kappa shape index (κ2) is 6.81. The maximum absolute atomic E-state index is 10.6. The summed E-state index contributed by atoms with van der Waals surface area (Å²) in [4.78, 5) is 10.2. The predicted octanol–water partition coefficient (Wildman–Crippen LogP) is 2.88. The van der Waals surface area contributed by atoms with Gasteiger partial charge in [-0.25, -0.2) is 0 Å². The summed E-state index contributed by atoms with van der Waals surface area (Å²) in [6.07, 6.45) is 5.74. The Morgan fingerprint density at radius 3 is 2.65 bits per heavy atom. The zero-order valence-corrected chi connectivity index (χ0v) is 11.4. The summed E-state index contributed by atoms with van der Waals surface area (Å²) in [5.74, 6) is 0. The molecule has 0 radical (unpaired) electrons. The summed E-state index contributed by atoms with van der Waals surface area (Å²) in [6.45, 7) is 1.60. The van der Waals surface area contributed by atoms with Crippen molar-refractivity contribution in [3.05, 3.63) is 46.8 Å². The largest absolute Gasteiger partial charge is 0.385 e. The predicted molar refractivity (Wildman–Crippen MR) is 75.4 cm³/mol. The minimum absolute atomic E-state index is 0.0979. The summed E-state index contributed by atoms with van der Waals surface area (Å²) < 4.78 is 6.88. The molecular formula is C14H17N3O3. The van der Waals surface area contributed by atoms with Crippen molar-refractivity contribution in [3.8, 4) is 11.1 Å². The molecule has 0 bridgehead atoms. The van der Waals surface area contributed by atoms with E-state index in [1.807, 2.05) is 10.9 Å². The van der Waals surface area contributed by atoms with E-state index >= 15 is 0 Å². The minimum atomic E-state index is -0.400. The van der Waals surface area contributed by atoms with Gasteiger partial charge in [0.2, 0.25) is 0 Å². The first-order valence-corrected chi connectivity index (χ1v) is 6.47. The van der Waals surface area contributed by atoms with Crippen LogP contribution in [0, 0.1) is 10.1 Å². The van der Waals surface area contributed by atoms with Gasteiger partial charge in [0.1, 0.15) is 0 Å².